The molecule has 2 amide bonds. The first-order valence-corrected chi connectivity index (χ1v) is 13.9. The number of pyridine rings is 1. The minimum Gasteiger partial charge on any atom is -0.396 e. The number of thiophene rings is 1. The summed E-state index contributed by atoms with van der Waals surface area (Å²) < 4.78 is 6.11. The molecule has 1 atom stereocenters. The maximum absolute atomic E-state index is 13.5. The van der Waals surface area contributed by atoms with Crippen LogP contribution in [0.25, 0.3) is 21.6 Å². The number of nitrogens with two attached hydrogens (primary N) is 1. The van der Waals surface area contributed by atoms with Gasteiger partial charge in [-0.1, -0.05) is 29.8 Å². The van der Waals surface area contributed by atoms with Gasteiger partial charge in [0, 0.05) is 43.8 Å². The van der Waals surface area contributed by atoms with Gasteiger partial charge in [-0.3, -0.25) is 14.6 Å². The molecule has 9 nitrogen and oxygen atoms in total. The number of carbonyl (C=O) groups excluding carboxylic acids is 2. The number of nitrogens with one attached hydrogen (secondary N) is 1. The first-order valence-electron chi connectivity index (χ1n) is 13.1. The lowest BCUT2D eigenvalue weighted by Gasteiger charge is -2.38. The number of fused-ring (bicyclic) bond motifs is 1. The fraction of sp³-hybridized carbons (Fsp3) is 0.345. The number of amides is 2. The van der Waals surface area contributed by atoms with E-state index in [9.17, 15) is 9.59 Å². The third-order valence-electron chi connectivity index (χ3n) is 7.82. The van der Waals surface area contributed by atoms with Gasteiger partial charge in [0.2, 0.25) is 0 Å². The Morgan fingerprint density at radius 1 is 1.10 bits per heavy atom. The molecule has 2 aliphatic heterocycles. The summed E-state index contributed by atoms with van der Waals surface area (Å²) in [7, 11) is 0. The largest absolute Gasteiger partial charge is 0.396 e. The third-order valence-corrected chi connectivity index (χ3v) is 8.92. The summed E-state index contributed by atoms with van der Waals surface area (Å²) in [5.41, 5.74) is 10.5. The number of likely N-dealkylation sites (tertiary alicyclic amines) is 1. The molecule has 1 unspecified atom stereocenters. The lowest BCUT2D eigenvalue weighted by molar-refractivity contribution is 0.0496. The highest BCUT2D eigenvalue weighted by molar-refractivity contribution is 7.21. The molecule has 10 heteroatoms. The fourth-order valence-electron chi connectivity index (χ4n) is 5.55. The SMILES string of the molecule is Cc1ccc(-c2ncccc2C(=O)N2CCC3(CC2)COC(CNC(=O)c2sc4nccnc4c2N)C3)cc1. The summed E-state index contributed by atoms with van der Waals surface area (Å²) in [6.07, 6.45) is 7.39. The normalized spacial score (nSPS) is 18.5. The number of aryl methyl sites for hydroxylation is 1. The van der Waals surface area contributed by atoms with Crippen molar-refractivity contribution in [3.8, 4) is 11.3 Å². The Hall–Kier alpha value is -3.89. The van der Waals surface area contributed by atoms with Crippen LogP contribution >= 0.6 is 11.3 Å². The number of piperidine rings is 1. The number of ether oxygens (including phenoxy) is 1. The van der Waals surface area contributed by atoms with Gasteiger partial charge in [-0.05, 0) is 43.7 Å². The number of carbonyl (C=O) groups is 2. The monoisotopic (exact) mass is 542 g/mol. The number of rotatable bonds is 5. The Morgan fingerprint density at radius 2 is 1.87 bits per heavy atom. The number of nitrogen functional groups attached to an aromatic ring is 1. The Bertz CT molecular complexity index is 1530. The Balaban J connectivity index is 1.05. The summed E-state index contributed by atoms with van der Waals surface area (Å²) in [4.78, 5) is 42.3. The Kier molecular flexibility index (Phi) is 6.74. The van der Waals surface area contributed by atoms with Crippen LogP contribution in [-0.2, 0) is 4.74 Å². The van der Waals surface area contributed by atoms with Gasteiger partial charge in [0.25, 0.3) is 11.8 Å². The van der Waals surface area contributed by atoms with Gasteiger partial charge in [0.05, 0.1) is 29.7 Å². The number of aromatic nitrogens is 3. The molecule has 200 valence electrons. The van der Waals surface area contributed by atoms with Gasteiger partial charge in [0.15, 0.2) is 0 Å². The van der Waals surface area contributed by atoms with Gasteiger partial charge in [0.1, 0.15) is 15.2 Å². The van der Waals surface area contributed by atoms with Gasteiger partial charge >= 0.3 is 0 Å². The second-order valence-electron chi connectivity index (χ2n) is 10.5. The molecule has 6 rings (SSSR count). The zero-order valence-electron chi connectivity index (χ0n) is 21.7. The van der Waals surface area contributed by atoms with E-state index in [0.29, 0.717) is 58.4 Å². The van der Waals surface area contributed by atoms with E-state index in [-0.39, 0.29) is 23.3 Å². The van der Waals surface area contributed by atoms with Crippen molar-refractivity contribution >= 4 is 39.2 Å². The Labute approximate surface area is 230 Å². The highest BCUT2D eigenvalue weighted by atomic mass is 32.1. The summed E-state index contributed by atoms with van der Waals surface area (Å²) in [5, 5.41) is 2.98. The lowest BCUT2D eigenvalue weighted by Crippen LogP contribution is -2.44. The number of hydrogen-bond acceptors (Lipinski definition) is 8. The van der Waals surface area contributed by atoms with Crippen molar-refractivity contribution < 1.29 is 14.3 Å². The van der Waals surface area contributed by atoms with Crippen LogP contribution in [0.15, 0.2) is 55.0 Å². The van der Waals surface area contributed by atoms with Gasteiger partial charge in [-0.2, -0.15) is 0 Å². The van der Waals surface area contributed by atoms with Crippen LogP contribution < -0.4 is 11.1 Å². The highest BCUT2D eigenvalue weighted by Crippen LogP contribution is 2.42. The molecule has 1 aromatic carbocycles. The van der Waals surface area contributed by atoms with Crippen molar-refractivity contribution in [2.75, 3.05) is 32.0 Å². The quantitative estimate of drug-likeness (QED) is 0.389. The van der Waals surface area contributed by atoms with Crippen LogP contribution in [0.3, 0.4) is 0 Å². The van der Waals surface area contributed by atoms with Crippen molar-refractivity contribution in [1.29, 1.82) is 0 Å². The summed E-state index contributed by atoms with van der Waals surface area (Å²) in [6, 6.07) is 11.8. The molecule has 2 saturated heterocycles. The highest BCUT2D eigenvalue weighted by Gasteiger charge is 2.43. The molecule has 4 aromatic rings. The van der Waals surface area contributed by atoms with Crippen molar-refractivity contribution in [3.05, 3.63) is 71.0 Å². The molecule has 2 fully saturated rings. The molecule has 3 N–H and O–H groups in total. The van der Waals surface area contributed by atoms with E-state index >= 15 is 0 Å². The van der Waals surface area contributed by atoms with Crippen LogP contribution in [0.4, 0.5) is 5.69 Å². The molecule has 39 heavy (non-hydrogen) atoms. The fourth-order valence-corrected chi connectivity index (χ4v) is 6.49. The Morgan fingerprint density at radius 3 is 2.64 bits per heavy atom. The van der Waals surface area contributed by atoms with E-state index in [0.717, 1.165) is 24.8 Å². The van der Waals surface area contributed by atoms with E-state index in [4.69, 9.17) is 10.5 Å². The van der Waals surface area contributed by atoms with Crippen LogP contribution in [0.5, 0.6) is 0 Å². The lowest BCUT2D eigenvalue weighted by atomic mass is 9.76. The predicted octanol–water partition coefficient (Wildman–Crippen LogP) is 4.09. The molecular formula is C29H30N6O3S. The number of nitrogens with zero attached hydrogens (tertiary/aromatic N) is 4. The van der Waals surface area contributed by atoms with Crippen molar-refractivity contribution in [2.24, 2.45) is 5.41 Å². The van der Waals surface area contributed by atoms with Gasteiger partial charge in [-0.15, -0.1) is 11.3 Å². The topological polar surface area (TPSA) is 123 Å². The maximum Gasteiger partial charge on any atom is 0.263 e. The van der Waals surface area contributed by atoms with Crippen LogP contribution in [0, 0.1) is 12.3 Å². The molecule has 2 aliphatic rings. The first-order chi connectivity index (χ1) is 18.9. The third kappa shape index (κ3) is 4.97. The van der Waals surface area contributed by atoms with E-state index in [2.05, 4.69) is 20.3 Å². The van der Waals surface area contributed by atoms with Crippen molar-refractivity contribution in [3.63, 3.8) is 0 Å². The zero-order valence-corrected chi connectivity index (χ0v) is 22.5. The number of hydrogen-bond donors (Lipinski definition) is 2. The first kappa shape index (κ1) is 25.4. The standard InChI is InChI=1S/C29H30N6O3S/c1-18-4-6-19(7-5-18)23-21(3-2-10-31-23)28(37)35-13-8-29(9-14-35)15-20(38-17-29)16-34-26(36)25-22(30)24-27(39-25)33-12-11-32-24/h2-7,10-12,20H,8-9,13-17,30H2,1H3,(H,34,36). The van der Waals surface area contributed by atoms with E-state index < -0.39 is 0 Å². The van der Waals surface area contributed by atoms with Gasteiger partial charge < -0.3 is 20.7 Å². The molecule has 0 radical (unpaired) electrons. The average molecular weight is 543 g/mol. The maximum atomic E-state index is 13.5. The number of benzene rings is 1. The van der Waals surface area contributed by atoms with Crippen LogP contribution in [-0.4, -0.2) is 64.0 Å². The van der Waals surface area contributed by atoms with Crippen LogP contribution in [0.2, 0.25) is 0 Å². The summed E-state index contributed by atoms with van der Waals surface area (Å²) in [6.45, 7) is 4.42. The number of anilines is 1. The zero-order chi connectivity index (χ0) is 27.0. The second-order valence-corrected chi connectivity index (χ2v) is 11.5. The predicted molar refractivity (Wildman–Crippen MR) is 150 cm³/mol. The molecule has 1 spiro atoms. The van der Waals surface area contributed by atoms with E-state index in [1.807, 2.05) is 48.2 Å². The molecule has 0 saturated carbocycles. The minimum atomic E-state index is -0.233. The van der Waals surface area contributed by atoms with Crippen molar-refractivity contribution in [2.45, 2.75) is 32.3 Å². The van der Waals surface area contributed by atoms with Gasteiger partial charge in [-0.25, -0.2) is 9.97 Å². The minimum absolute atomic E-state index is 0.0150. The smallest absolute Gasteiger partial charge is 0.263 e. The molecule has 0 aliphatic carbocycles. The molecular weight excluding hydrogens is 512 g/mol. The molecule has 3 aromatic heterocycles. The van der Waals surface area contributed by atoms with E-state index in [1.54, 1.807) is 18.6 Å². The van der Waals surface area contributed by atoms with E-state index in [1.165, 1.54) is 16.9 Å². The van der Waals surface area contributed by atoms with Crippen LogP contribution in [0.1, 0.15) is 44.9 Å². The average Bonchev–Trinajstić information content (AvgIpc) is 3.53. The molecule has 5 heterocycles. The summed E-state index contributed by atoms with van der Waals surface area (Å²) >= 11 is 1.24. The second kappa shape index (κ2) is 10.3. The summed E-state index contributed by atoms with van der Waals surface area (Å²) in [5.74, 6) is -0.218. The molecule has 0 bridgehead atoms. The van der Waals surface area contributed by atoms with Crippen molar-refractivity contribution in [1.82, 2.24) is 25.2 Å².